The molecule has 0 unspecified atom stereocenters. The number of benzene rings is 1. The van der Waals surface area contributed by atoms with E-state index in [2.05, 4.69) is 128 Å². The predicted molar refractivity (Wildman–Crippen MR) is 252 cm³/mol. The van der Waals surface area contributed by atoms with Crippen LogP contribution in [0.1, 0.15) is 139 Å². The molecule has 1 aromatic carbocycles. The van der Waals surface area contributed by atoms with Gasteiger partial charge in [0.05, 0.1) is 24.9 Å². The molecule has 4 atom stereocenters. The Morgan fingerprint density at radius 1 is 0.625 bits per heavy atom. The number of hydrogen-bond donors (Lipinski definition) is 0. The minimum atomic E-state index is -2.40. The first kappa shape index (κ1) is 53.2. The minimum absolute atomic E-state index is 0.0580. The van der Waals surface area contributed by atoms with Crippen LogP contribution in [0.3, 0.4) is 0 Å². The smallest absolute Gasteiger partial charge is 0.338 e. The molecule has 1 aromatic rings. The van der Waals surface area contributed by atoms with Gasteiger partial charge in [0.1, 0.15) is 6.10 Å². The van der Waals surface area contributed by atoms with Crippen LogP contribution >= 0.6 is 0 Å². The van der Waals surface area contributed by atoms with Gasteiger partial charge < -0.3 is 22.4 Å². The van der Waals surface area contributed by atoms with E-state index in [1.807, 2.05) is 30.3 Å². The summed E-state index contributed by atoms with van der Waals surface area (Å²) in [5.74, 6) is -0.422. The lowest BCUT2D eigenvalue weighted by Crippen LogP contribution is -2.57. The average molecular weight is 852 g/mol. The number of carbonyl (C=O) groups is 1. The van der Waals surface area contributed by atoms with E-state index in [0.29, 0.717) is 18.8 Å². The van der Waals surface area contributed by atoms with Gasteiger partial charge in [-0.3, -0.25) is 0 Å². The van der Waals surface area contributed by atoms with E-state index in [1.54, 1.807) is 0 Å². The lowest BCUT2D eigenvalue weighted by molar-refractivity contribution is -0.0854. The van der Waals surface area contributed by atoms with Crippen LogP contribution in [0.5, 0.6) is 0 Å². The molecule has 0 bridgehead atoms. The molecule has 6 nitrogen and oxygen atoms in total. The van der Waals surface area contributed by atoms with Gasteiger partial charge in [0.25, 0.3) is 0 Å². The van der Waals surface area contributed by atoms with Gasteiger partial charge in [-0.1, -0.05) is 159 Å². The lowest BCUT2D eigenvalue weighted by Gasteiger charge is -2.46. The fourth-order valence-electron chi connectivity index (χ4n) is 7.62. The van der Waals surface area contributed by atoms with E-state index in [-0.39, 0.29) is 22.0 Å². The van der Waals surface area contributed by atoms with Gasteiger partial charge in [0.2, 0.25) is 0 Å². The second-order valence-electron chi connectivity index (χ2n) is 19.8. The van der Waals surface area contributed by atoms with Crippen molar-refractivity contribution in [3.63, 3.8) is 0 Å². The van der Waals surface area contributed by atoms with Crippen molar-refractivity contribution < 1.29 is 27.2 Å². The monoisotopic (exact) mass is 851 g/mol. The maximum atomic E-state index is 14.4. The van der Waals surface area contributed by atoms with Crippen LogP contribution in [-0.2, 0) is 22.4 Å². The van der Waals surface area contributed by atoms with Crippen LogP contribution in [0.15, 0.2) is 42.5 Å². The normalized spacial score (nSPS) is 15.9. The number of rotatable bonds is 28. The minimum Gasteiger partial charge on any atom is -0.453 e. The number of esters is 1. The van der Waals surface area contributed by atoms with Crippen molar-refractivity contribution in [3.05, 3.63) is 48.0 Å². The molecule has 0 saturated heterocycles. The molecule has 0 aliphatic rings. The average Bonchev–Trinajstić information content (AvgIpc) is 3.10. The molecule has 0 radical (unpaired) electrons. The Morgan fingerprint density at radius 2 is 1.07 bits per heavy atom. The van der Waals surface area contributed by atoms with E-state index >= 15 is 0 Å². The summed E-state index contributed by atoms with van der Waals surface area (Å²) < 4.78 is 36.2. The fraction of sp³-hybridized carbons (Fsp3) is 0.804. The molecule has 10 heteroatoms. The third-order valence-corrected chi connectivity index (χ3v) is 31.7. The van der Waals surface area contributed by atoms with Crippen LogP contribution in [0.25, 0.3) is 0 Å². The lowest BCUT2D eigenvalue weighted by atomic mass is 9.95. The standard InChI is InChI=1S/C46H90O6Si4/c1-18-32-55(33-19-2,34-20-3)49-38-41(51-56(35-21-4,36-22-5)37-23-6)43(50-44(47)40-29-25-24-26-30-40)42(52-54(16,17)46(11,12)13)39(7)28-27-31-48-53(14,15)45(8,9)10/h24-30,39,41-43H,18-23,31-38H2,1-17H3/b28-27-/t39-,41+,42+,43+/m0/s1. The quantitative estimate of drug-likeness (QED) is 0.0475. The van der Waals surface area contributed by atoms with E-state index in [1.165, 1.54) is 0 Å². The number of hydrogen-bond acceptors (Lipinski definition) is 6. The molecule has 0 amide bonds. The van der Waals surface area contributed by atoms with Crippen molar-refractivity contribution in [2.24, 2.45) is 5.92 Å². The van der Waals surface area contributed by atoms with E-state index in [4.69, 9.17) is 22.4 Å². The Bertz CT molecular complexity index is 1220. The molecular formula is C46H90O6Si4. The molecule has 0 heterocycles. The van der Waals surface area contributed by atoms with E-state index in [0.717, 1.165) is 74.8 Å². The number of carbonyl (C=O) groups excluding carboxylic acids is 1. The zero-order chi connectivity index (χ0) is 42.8. The van der Waals surface area contributed by atoms with Crippen molar-refractivity contribution >= 4 is 39.2 Å². The Morgan fingerprint density at radius 3 is 1.50 bits per heavy atom. The van der Waals surface area contributed by atoms with Crippen LogP contribution < -0.4 is 0 Å². The largest absolute Gasteiger partial charge is 0.453 e. The van der Waals surface area contributed by atoms with E-state index < -0.39 is 51.6 Å². The summed E-state index contributed by atoms with van der Waals surface area (Å²) in [6, 6.07) is 16.1. The zero-order valence-corrected chi connectivity index (χ0v) is 43.7. The Balaban J connectivity index is 4.15. The molecule has 56 heavy (non-hydrogen) atoms. The summed E-state index contributed by atoms with van der Waals surface area (Å²) in [5, 5.41) is 0.0665. The molecule has 0 aromatic heterocycles. The highest BCUT2D eigenvalue weighted by molar-refractivity contribution is 6.75. The second-order valence-corrected chi connectivity index (χ2v) is 37.6. The fourth-order valence-corrected chi connectivity index (χ4v) is 19.1. The second kappa shape index (κ2) is 24.4. The van der Waals surface area contributed by atoms with Gasteiger partial charge in [-0.15, -0.1) is 0 Å². The highest BCUT2D eigenvalue weighted by atomic mass is 28.4. The maximum absolute atomic E-state index is 14.4. The van der Waals surface area contributed by atoms with Crippen LogP contribution in [0.2, 0.25) is 72.5 Å². The van der Waals surface area contributed by atoms with Gasteiger partial charge >= 0.3 is 5.97 Å². The van der Waals surface area contributed by atoms with Gasteiger partial charge in [-0.2, -0.15) is 0 Å². The van der Waals surface area contributed by atoms with Crippen molar-refractivity contribution in [1.29, 1.82) is 0 Å². The van der Waals surface area contributed by atoms with Crippen molar-refractivity contribution in [2.75, 3.05) is 13.2 Å². The summed E-state index contributed by atoms with van der Waals surface area (Å²) in [6.07, 6.45) is 9.39. The first-order valence-corrected chi connectivity index (χ1v) is 33.5. The summed E-state index contributed by atoms with van der Waals surface area (Å²) in [5.41, 5.74) is 0.542. The highest BCUT2D eigenvalue weighted by Gasteiger charge is 2.48. The predicted octanol–water partition coefficient (Wildman–Crippen LogP) is 14.6. The molecule has 0 aliphatic carbocycles. The van der Waals surface area contributed by atoms with Gasteiger partial charge in [-0.25, -0.2) is 4.79 Å². The molecule has 0 aliphatic heterocycles. The Hall–Kier alpha value is -0.862. The molecule has 0 fully saturated rings. The van der Waals surface area contributed by atoms with Crippen LogP contribution in [0.4, 0.5) is 0 Å². The third-order valence-electron chi connectivity index (χ3n) is 12.7. The van der Waals surface area contributed by atoms with Gasteiger partial charge in [0.15, 0.2) is 39.4 Å². The molecule has 0 spiro atoms. The van der Waals surface area contributed by atoms with Crippen LogP contribution in [-0.4, -0.2) is 70.8 Å². The van der Waals surface area contributed by atoms with Gasteiger partial charge in [-0.05, 0) is 84.7 Å². The van der Waals surface area contributed by atoms with Crippen molar-refractivity contribution in [3.8, 4) is 0 Å². The maximum Gasteiger partial charge on any atom is 0.338 e. The molecule has 0 N–H and O–H groups in total. The molecule has 326 valence electrons. The SMILES string of the molecule is CCC[Si](CCC)(CCC)OC[C@@H](O[Si](CCC)(CCC)CCC)[C@@H](OC(=O)c1ccccc1)[C@H](O[Si](C)(C)C(C)(C)C)[C@@H](C)/C=C\CO[Si](C)(C)C(C)(C)C. The molecular weight excluding hydrogens is 761 g/mol. The molecule has 0 saturated carbocycles. The summed E-state index contributed by atoms with van der Waals surface area (Å²) in [7, 11) is -8.72. The van der Waals surface area contributed by atoms with Crippen LogP contribution in [0, 0.1) is 5.92 Å². The summed E-state index contributed by atoms with van der Waals surface area (Å²) in [6.45, 7) is 39.9. The van der Waals surface area contributed by atoms with Crippen molar-refractivity contribution in [2.45, 2.75) is 219 Å². The molecule has 1 rings (SSSR count). The first-order chi connectivity index (χ1) is 26.0. The third kappa shape index (κ3) is 16.7. The number of ether oxygens (including phenoxy) is 1. The highest BCUT2D eigenvalue weighted by Crippen LogP contribution is 2.41. The topological polar surface area (TPSA) is 63.2 Å². The zero-order valence-electron chi connectivity index (χ0n) is 39.7. The Kier molecular flexibility index (Phi) is 23.2. The first-order valence-electron chi connectivity index (χ1n) is 22.6. The summed E-state index contributed by atoms with van der Waals surface area (Å²) in [4.78, 5) is 14.4. The summed E-state index contributed by atoms with van der Waals surface area (Å²) >= 11 is 0. The van der Waals surface area contributed by atoms with Crippen molar-refractivity contribution in [1.82, 2.24) is 0 Å². The Labute approximate surface area is 351 Å². The van der Waals surface area contributed by atoms with Gasteiger partial charge in [0, 0.05) is 5.92 Å². The van der Waals surface area contributed by atoms with E-state index in [9.17, 15) is 4.79 Å².